The lowest BCUT2D eigenvalue weighted by molar-refractivity contribution is -0.123. The Bertz CT molecular complexity index is 503. The number of carbonyl (C=O) groups is 1. The third-order valence-corrected chi connectivity index (χ3v) is 2.96. The number of aryl methyl sites for hydroxylation is 1. The van der Waals surface area contributed by atoms with Gasteiger partial charge in [-0.15, -0.1) is 0 Å². The van der Waals surface area contributed by atoms with Crippen molar-refractivity contribution < 1.29 is 4.79 Å². The fourth-order valence-electron chi connectivity index (χ4n) is 1.69. The number of unbranched alkanes of at least 4 members (excludes halogenated alkanes) is 1. The summed E-state index contributed by atoms with van der Waals surface area (Å²) in [5, 5.41) is 16.3. The minimum atomic E-state index is -0.506. The normalized spacial score (nSPS) is 11.2. The molecule has 1 N–H and O–H groups in total. The van der Waals surface area contributed by atoms with Crippen molar-refractivity contribution in [3.8, 4) is 6.07 Å². The molecule has 0 bridgehead atoms. The zero-order valence-corrected chi connectivity index (χ0v) is 12.4. The average Bonchev–Trinajstić information content (AvgIpc) is 2.60. The van der Waals surface area contributed by atoms with Crippen LogP contribution in [0.2, 0.25) is 0 Å². The van der Waals surface area contributed by atoms with E-state index in [-0.39, 0.29) is 5.91 Å². The monoisotopic (exact) mass is 262 g/mol. The largest absolute Gasteiger partial charge is 0.308 e. The molecular formula is C14H22N4O. The van der Waals surface area contributed by atoms with Gasteiger partial charge in [0.05, 0.1) is 5.69 Å². The third kappa shape index (κ3) is 3.57. The number of rotatable bonds is 4. The molecule has 0 saturated carbocycles. The fourth-order valence-corrected chi connectivity index (χ4v) is 1.69. The van der Waals surface area contributed by atoms with Gasteiger partial charge in [-0.05, 0) is 12.8 Å². The summed E-state index contributed by atoms with van der Waals surface area (Å²) in [6.45, 7) is 7.59. The van der Waals surface area contributed by atoms with Crippen LogP contribution in [0, 0.1) is 16.7 Å². The van der Waals surface area contributed by atoms with E-state index in [1.807, 2.05) is 20.8 Å². The molecule has 0 unspecified atom stereocenters. The third-order valence-electron chi connectivity index (χ3n) is 2.96. The highest BCUT2D eigenvalue weighted by atomic mass is 16.2. The van der Waals surface area contributed by atoms with Crippen LogP contribution in [-0.2, 0) is 18.3 Å². The Morgan fingerprint density at radius 3 is 2.58 bits per heavy atom. The number of aromatic nitrogens is 2. The summed E-state index contributed by atoms with van der Waals surface area (Å²) in [5.41, 5.74) is 0.857. The van der Waals surface area contributed by atoms with Gasteiger partial charge >= 0.3 is 0 Å². The van der Waals surface area contributed by atoms with Crippen LogP contribution in [0.25, 0.3) is 0 Å². The van der Waals surface area contributed by atoms with E-state index in [1.165, 1.54) is 0 Å². The first-order valence-electron chi connectivity index (χ1n) is 6.58. The summed E-state index contributed by atoms with van der Waals surface area (Å²) in [5.74, 6) is 0.236. The zero-order valence-electron chi connectivity index (χ0n) is 12.4. The van der Waals surface area contributed by atoms with Gasteiger partial charge in [0.15, 0.2) is 5.82 Å². The van der Waals surface area contributed by atoms with Crippen molar-refractivity contribution >= 4 is 11.7 Å². The molecule has 1 rings (SSSR count). The Kier molecular flexibility index (Phi) is 4.71. The molecule has 1 heterocycles. The van der Waals surface area contributed by atoms with Crippen LogP contribution < -0.4 is 5.32 Å². The molecule has 104 valence electrons. The van der Waals surface area contributed by atoms with E-state index < -0.39 is 5.41 Å². The molecule has 0 aromatic carbocycles. The summed E-state index contributed by atoms with van der Waals surface area (Å²) < 4.78 is 1.69. The van der Waals surface area contributed by atoms with E-state index in [0.717, 1.165) is 25.0 Å². The topological polar surface area (TPSA) is 70.7 Å². The maximum atomic E-state index is 12.0. The first kappa shape index (κ1) is 15.2. The van der Waals surface area contributed by atoms with Crippen LogP contribution >= 0.6 is 0 Å². The number of carbonyl (C=O) groups excluding carboxylic acids is 1. The summed E-state index contributed by atoms with van der Waals surface area (Å²) in [7, 11) is 1.80. The second kappa shape index (κ2) is 5.87. The Morgan fingerprint density at radius 1 is 1.47 bits per heavy atom. The predicted octanol–water partition coefficient (Wildman–Crippen LogP) is 2.62. The molecule has 1 amide bonds. The van der Waals surface area contributed by atoms with Gasteiger partial charge in [0.1, 0.15) is 11.6 Å². The Balaban J connectivity index is 3.04. The number of anilines is 1. The van der Waals surface area contributed by atoms with E-state index >= 15 is 0 Å². The van der Waals surface area contributed by atoms with E-state index in [9.17, 15) is 10.1 Å². The lowest BCUT2D eigenvalue weighted by atomic mass is 9.95. The van der Waals surface area contributed by atoms with Gasteiger partial charge in [-0.1, -0.05) is 34.1 Å². The first-order valence-corrected chi connectivity index (χ1v) is 6.58. The van der Waals surface area contributed by atoms with Crippen LogP contribution in [0.3, 0.4) is 0 Å². The quantitative estimate of drug-likeness (QED) is 0.906. The zero-order chi connectivity index (χ0) is 14.6. The molecule has 1 aromatic heterocycles. The van der Waals surface area contributed by atoms with Gasteiger partial charge in [0, 0.05) is 12.5 Å². The van der Waals surface area contributed by atoms with Crippen molar-refractivity contribution in [3.63, 3.8) is 0 Å². The minimum absolute atomic E-state index is 0.135. The fraction of sp³-hybridized carbons (Fsp3) is 0.643. The lowest BCUT2D eigenvalue weighted by Gasteiger charge is -2.16. The van der Waals surface area contributed by atoms with Crippen LogP contribution in [0.15, 0.2) is 0 Å². The number of hydrogen-bond acceptors (Lipinski definition) is 3. The van der Waals surface area contributed by atoms with Crippen molar-refractivity contribution in [3.05, 3.63) is 11.3 Å². The number of nitrogens with zero attached hydrogens (tertiary/aromatic N) is 3. The second-order valence-corrected chi connectivity index (χ2v) is 5.71. The number of nitrogens with one attached hydrogen (secondary N) is 1. The molecule has 5 heteroatoms. The van der Waals surface area contributed by atoms with Crippen molar-refractivity contribution in [2.45, 2.75) is 47.0 Å². The maximum Gasteiger partial charge on any atom is 0.230 e. The van der Waals surface area contributed by atoms with Crippen LogP contribution in [-0.4, -0.2) is 15.7 Å². The van der Waals surface area contributed by atoms with Gasteiger partial charge in [0.2, 0.25) is 5.91 Å². The standard InChI is InChI=1S/C14H22N4O/c1-6-7-8-11-10(9-15)12(17-18(11)5)16-13(19)14(2,3)4/h6-8H2,1-5H3,(H,16,17,19). The van der Waals surface area contributed by atoms with Crippen molar-refractivity contribution in [1.29, 1.82) is 5.26 Å². The van der Waals surface area contributed by atoms with Gasteiger partial charge in [-0.2, -0.15) is 10.4 Å². The molecule has 0 aliphatic heterocycles. The molecule has 5 nitrogen and oxygen atoms in total. The van der Waals surface area contributed by atoms with Crippen molar-refractivity contribution in [2.24, 2.45) is 12.5 Å². The molecule has 0 atom stereocenters. The molecule has 0 saturated heterocycles. The predicted molar refractivity (Wildman–Crippen MR) is 74.6 cm³/mol. The van der Waals surface area contributed by atoms with E-state index in [2.05, 4.69) is 23.4 Å². The lowest BCUT2D eigenvalue weighted by Crippen LogP contribution is -2.28. The number of hydrogen-bond donors (Lipinski definition) is 1. The van der Waals surface area contributed by atoms with E-state index in [1.54, 1.807) is 11.7 Å². The molecule has 0 spiro atoms. The van der Waals surface area contributed by atoms with Crippen molar-refractivity contribution in [2.75, 3.05) is 5.32 Å². The van der Waals surface area contributed by atoms with Gasteiger partial charge in [0.25, 0.3) is 0 Å². The Labute approximate surface area is 114 Å². The van der Waals surface area contributed by atoms with Gasteiger partial charge in [-0.25, -0.2) is 0 Å². The Morgan fingerprint density at radius 2 is 2.11 bits per heavy atom. The summed E-state index contributed by atoms with van der Waals surface area (Å²) >= 11 is 0. The SMILES string of the molecule is CCCCc1c(C#N)c(NC(=O)C(C)(C)C)nn1C. The highest BCUT2D eigenvalue weighted by molar-refractivity contribution is 5.94. The minimum Gasteiger partial charge on any atom is -0.308 e. The average molecular weight is 262 g/mol. The molecule has 19 heavy (non-hydrogen) atoms. The van der Waals surface area contributed by atoms with Gasteiger partial charge < -0.3 is 5.32 Å². The first-order chi connectivity index (χ1) is 8.81. The summed E-state index contributed by atoms with van der Waals surface area (Å²) in [6, 6.07) is 2.15. The summed E-state index contributed by atoms with van der Waals surface area (Å²) in [4.78, 5) is 12.0. The smallest absolute Gasteiger partial charge is 0.230 e. The van der Waals surface area contributed by atoms with Gasteiger partial charge in [-0.3, -0.25) is 9.48 Å². The number of amides is 1. The number of nitriles is 1. The molecular weight excluding hydrogens is 240 g/mol. The van der Waals surface area contributed by atoms with E-state index in [4.69, 9.17) is 0 Å². The van der Waals surface area contributed by atoms with Crippen molar-refractivity contribution in [1.82, 2.24) is 9.78 Å². The molecule has 0 aliphatic rings. The Hall–Kier alpha value is -1.83. The molecule has 0 radical (unpaired) electrons. The molecule has 0 fully saturated rings. The second-order valence-electron chi connectivity index (χ2n) is 5.71. The highest BCUT2D eigenvalue weighted by Gasteiger charge is 2.24. The van der Waals surface area contributed by atoms with E-state index in [0.29, 0.717) is 11.4 Å². The maximum absolute atomic E-state index is 12.0. The molecule has 1 aromatic rings. The highest BCUT2D eigenvalue weighted by Crippen LogP contribution is 2.22. The molecule has 0 aliphatic carbocycles. The van der Waals surface area contributed by atoms with Crippen LogP contribution in [0.4, 0.5) is 5.82 Å². The van der Waals surface area contributed by atoms with Crippen LogP contribution in [0.1, 0.15) is 51.8 Å². The summed E-state index contributed by atoms with van der Waals surface area (Å²) in [6.07, 6.45) is 2.86. The van der Waals surface area contributed by atoms with Crippen LogP contribution in [0.5, 0.6) is 0 Å².